The number of hydrogen-bond donors (Lipinski definition) is 0. The maximum Gasteiger partial charge on any atom is 0.253 e. The van der Waals surface area contributed by atoms with E-state index in [1.54, 1.807) is 18.2 Å². The van der Waals surface area contributed by atoms with Gasteiger partial charge in [0.2, 0.25) is 0 Å². The van der Waals surface area contributed by atoms with Crippen molar-refractivity contribution in [1.29, 1.82) is 0 Å². The summed E-state index contributed by atoms with van der Waals surface area (Å²) in [6.45, 7) is 7.85. The minimum absolute atomic E-state index is 0.0546. The second kappa shape index (κ2) is 8.26. The highest BCUT2D eigenvalue weighted by atomic mass is 32.1. The number of aromatic nitrogens is 2. The van der Waals surface area contributed by atoms with E-state index < -0.39 is 0 Å². The third-order valence-corrected chi connectivity index (χ3v) is 6.72. The van der Waals surface area contributed by atoms with Crippen LogP contribution in [0.4, 0.5) is 4.39 Å². The van der Waals surface area contributed by atoms with Gasteiger partial charge in [0.05, 0.1) is 0 Å². The first kappa shape index (κ1) is 20.7. The third-order valence-electron chi connectivity index (χ3n) is 5.60. The van der Waals surface area contributed by atoms with Crippen molar-refractivity contribution in [3.05, 3.63) is 70.5 Å². The number of piperidine rings is 1. The predicted octanol–water partition coefficient (Wildman–Crippen LogP) is 5.66. The van der Waals surface area contributed by atoms with E-state index in [4.69, 9.17) is 0 Å². The maximum atomic E-state index is 14.1. The SMILES string of the molecule is CC(C)(C)c1ccc(C(=O)N2CCCC(c3nnc(-c4ccccc4F)s3)C2)cc1. The molecule has 0 bridgehead atoms. The molecule has 4 nitrogen and oxygen atoms in total. The van der Waals surface area contributed by atoms with Gasteiger partial charge in [-0.1, -0.05) is 56.4 Å². The lowest BCUT2D eigenvalue weighted by atomic mass is 9.86. The molecular weight excluding hydrogens is 397 g/mol. The average molecular weight is 424 g/mol. The lowest BCUT2D eigenvalue weighted by Gasteiger charge is -2.31. The zero-order valence-corrected chi connectivity index (χ0v) is 18.4. The van der Waals surface area contributed by atoms with E-state index in [1.807, 2.05) is 29.2 Å². The Balaban J connectivity index is 1.48. The molecule has 0 saturated carbocycles. The number of hydrogen-bond acceptors (Lipinski definition) is 4. The number of halogens is 1. The zero-order valence-electron chi connectivity index (χ0n) is 17.6. The van der Waals surface area contributed by atoms with Crippen LogP contribution < -0.4 is 0 Å². The molecule has 1 unspecified atom stereocenters. The molecule has 1 aliphatic heterocycles. The van der Waals surface area contributed by atoms with Gasteiger partial charge >= 0.3 is 0 Å². The second-order valence-corrected chi connectivity index (χ2v) is 9.85. The predicted molar refractivity (Wildman–Crippen MR) is 118 cm³/mol. The van der Waals surface area contributed by atoms with E-state index in [9.17, 15) is 9.18 Å². The molecule has 0 radical (unpaired) electrons. The average Bonchev–Trinajstić information content (AvgIpc) is 3.23. The van der Waals surface area contributed by atoms with Crippen LogP contribution in [0.2, 0.25) is 0 Å². The van der Waals surface area contributed by atoms with Crippen molar-refractivity contribution in [1.82, 2.24) is 15.1 Å². The van der Waals surface area contributed by atoms with Gasteiger partial charge in [0, 0.05) is 30.1 Å². The minimum atomic E-state index is -0.292. The molecule has 0 aliphatic carbocycles. The first-order valence-corrected chi connectivity index (χ1v) is 11.1. The van der Waals surface area contributed by atoms with Gasteiger partial charge in [0.15, 0.2) is 5.01 Å². The molecule has 2 heterocycles. The van der Waals surface area contributed by atoms with E-state index in [2.05, 4.69) is 31.0 Å². The summed E-state index contributed by atoms with van der Waals surface area (Å²) < 4.78 is 14.1. The standard InChI is InChI=1S/C24H26FN3OS/c1-24(2,3)18-12-10-16(11-13-18)23(29)28-14-6-7-17(15-28)21-26-27-22(30-21)19-8-4-5-9-20(19)25/h4-5,8-13,17H,6-7,14-15H2,1-3H3. The van der Waals surface area contributed by atoms with Gasteiger partial charge in [0.25, 0.3) is 5.91 Å². The van der Waals surface area contributed by atoms with E-state index in [1.165, 1.54) is 23.0 Å². The summed E-state index contributed by atoms with van der Waals surface area (Å²) in [4.78, 5) is 15.0. The fourth-order valence-corrected chi connectivity index (χ4v) is 4.80. The van der Waals surface area contributed by atoms with Crippen LogP contribution in [0.15, 0.2) is 48.5 Å². The Labute approximate surface area is 180 Å². The number of rotatable bonds is 3. The molecule has 4 rings (SSSR count). The molecule has 0 N–H and O–H groups in total. The molecule has 3 aromatic rings. The normalized spacial score (nSPS) is 17.2. The Bertz CT molecular complexity index is 1040. The molecule has 1 aliphatic rings. The van der Waals surface area contributed by atoms with E-state index in [-0.39, 0.29) is 23.1 Å². The maximum absolute atomic E-state index is 14.1. The lowest BCUT2D eigenvalue weighted by molar-refractivity contribution is 0.0707. The van der Waals surface area contributed by atoms with Crippen LogP contribution in [0, 0.1) is 5.82 Å². The lowest BCUT2D eigenvalue weighted by Crippen LogP contribution is -2.39. The Kier molecular flexibility index (Phi) is 5.69. The number of nitrogens with zero attached hydrogens (tertiary/aromatic N) is 3. The van der Waals surface area contributed by atoms with Crippen LogP contribution in [0.25, 0.3) is 10.6 Å². The molecule has 6 heteroatoms. The number of benzene rings is 2. The summed E-state index contributed by atoms with van der Waals surface area (Å²) >= 11 is 1.42. The van der Waals surface area contributed by atoms with Crippen molar-refractivity contribution in [2.45, 2.75) is 44.9 Å². The topological polar surface area (TPSA) is 46.1 Å². The third kappa shape index (κ3) is 4.29. The van der Waals surface area contributed by atoms with E-state index in [0.29, 0.717) is 22.7 Å². The Morgan fingerprint density at radius 3 is 2.53 bits per heavy atom. The van der Waals surface area contributed by atoms with Crippen molar-refractivity contribution < 1.29 is 9.18 Å². The number of carbonyl (C=O) groups excluding carboxylic acids is 1. The van der Waals surface area contributed by atoms with Crippen molar-refractivity contribution in [2.24, 2.45) is 0 Å². The molecule has 2 aromatic carbocycles. The number of amides is 1. The molecule has 1 saturated heterocycles. The highest BCUT2D eigenvalue weighted by molar-refractivity contribution is 7.14. The van der Waals surface area contributed by atoms with Gasteiger partial charge in [0.1, 0.15) is 10.8 Å². The zero-order chi connectivity index (χ0) is 21.3. The summed E-state index contributed by atoms with van der Waals surface area (Å²) in [5, 5.41) is 9.99. The highest BCUT2D eigenvalue weighted by Crippen LogP contribution is 2.34. The first-order valence-electron chi connectivity index (χ1n) is 10.3. The summed E-state index contributed by atoms with van der Waals surface area (Å²) in [5.74, 6) is -0.104. The van der Waals surface area contributed by atoms with Crippen molar-refractivity contribution in [2.75, 3.05) is 13.1 Å². The van der Waals surface area contributed by atoms with Gasteiger partial charge in [-0.3, -0.25) is 4.79 Å². The smallest absolute Gasteiger partial charge is 0.253 e. The molecule has 30 heavy (non-hydrogen) atoms. The molecule has 1 atom stereocenters. The largest absolute Gasteiger partial charge is 0.338 e. The van der Waals surface area contributed by atoms with Crippen molar-refractivity contribution in [3.8, 4) is 10.6 Å². The minimum Gasteiger partial charge on any atom is -0.338 e. The van der Waals surface area contributed by atoms with Crippen molar-refractivity contribution >= 4 is 17.2 Å². The monoisotopic (exact) mass is 423 g/mol. The Hall–Kier alpha value is -2.60. The van der Waals surface area contributed by atoms with Gasteiger partial charge in [-0.2, -0.15) is 0 Å². The molecule has 0 spiro atoms. The van der Waals surface area contributed by atoms with Gasteiger partial charge < -0.3 is 4.90 Å². The molecule has 1 fully saturated rings. The van der Waals surface area contributed by atoms with Gasteiger partial charge in [-0.15, -0.1) is 10.2 Å². The van der Waals surface area contributed by atoms with E-state index in [0.717, 1.165) is 24.4 Å². The van der Waals surface area contributed by atoms with Crippen LogP contribution in [-0.4, -0.2) is 34.1 Å². The second-order valence-electron chi connectivity index (χ2n) is 8.84. The van der Waals surface area contributed by atoms with Crippen LogP contribution in [-0.2, 0) is 5.41 Å². The fraction of sp³-hybridized carbons (Fsp3) is 0.375. The molecule has 1 amide bonds. The van der Waals surface area contributed by atoms with Crippen molar-refractivity contribution in [3.63, 3.8) is 0 Å². The van der Waals surface area contributed by atoms with Crippen LogP contribution in [0.5, 0.6) is 0 Å². The summed E-state index contributed by atoms with van der Waals surface area (Å²) in [7, 11) is 0. The molecule has 1 aromatic heterocycles. The Morgan fingerprint density at radius 1 is 1.10 bits per heavy atom. The first-order chi connectivity index (χ1) is 14.3. The molecular formula is C24H26FN3OS. The number of likely N-dealkylation sites (tertiary alicyclic amines) is 1. The van der Waals surface area contributed by atoms with Crippen LogP contribution in [0.3, 0.4) is 0 Å². The summed E-state index contributed by atoms with van der Waals surface area (Å²) in [6, 6.07) is 14.5. The summed E-state index contributed by atoms with van der Waals surface area (Å²) in [5.41, 5.74) is 2.47. The van der Waals surface area contributed by atoms with Crippen LogP contribution in [0.1, 0.15) is 60.5 Å². The Morgan fingerprint density at radius 2 is 1.83 bits per heavy atom. The van der Waals surface area contributed by atoms with Gasteiger partial charge in [-0.05, 0) is 48.1 Å². The fourth-order valence-electron chi connectivity index (χ4n) is 3.80. The van der Waals surface area contributed by atoms with Crippen LogP contribution >= 0.6 is 11.3 Å². The molecule has 156 valence electrons. The number of carbonyl (C=O) groups is 1. The quantitative estimate of drug-likeness (QED) is 0.546. The van der Waals surface area contributed by atoms with Gasteiger partial charge in [-0.25, -0.2) is 4.39 Å². The van der Waals surface area contributed by atoms with E-state index >= 15 is 0 Å². The summed E-state index contributed by atoms with van der Waals surface area (Å²) in [6.07, 6.45) is 1.88. The highest BCUT2D eigenvalue weighted by Gasteiger charge is 2.28.